The largest absolute Gasteiger partial charge is 0.332 e. The molecule has 2 aromatic carbocycles. The van der Waals surface area contributed by atoms with Crippen molar-refractivity contribution < 1.29 is 4.39 Å². The topological polar surface area (TPSA) is 34.0 Å². The first-order chi connectivity index (χ1) is 14.9. The third kappa shape index (κ3) is 4.88. The van der Waals surface area contributed by atoms with E-state index in [1.54, 1.807) is 29.8 Å². The van der Waals surface area contributed by atoms with Gasteiger partial charge in [-0.3, -0.25) is 0 Å². The number of nitrogens with zero attached hydrogens (tertiary/aromatic N) is 4. The number of aromatic nitrogens is 3. The van der Waals surface area contributed by atoms with Crippen molar-refractivity contribution in [2.24, 2.45) is 5.92 Å². The van der Waals surface area contributed by atoms with Crippen LogP contribution in [0.25, 0.3) is 5.69 Å². The highest BCUT2D eigenvalue weighted by Crippen LogP contribution is 2.41. The zero-order valence-electron chi connectivity index (χ0n) is 18.1. The number of hydrogen-bond acceptors (Lipinski definition) is 3. The van der Waals surface area contributed by atoms with Crippen LogP contribution in [0.3, 0.4) is 0 Å². The van der Waals surface area contributed by atoms with E-state index in [0.717, 1.165) is 36.5 Å². The molecule has 3 aromatic rings. The third-order valence-corrected chi connectivity index (χ3v) is 6.37. The van der Waals surface area contributed by atoms with Gasteiger partial charge in [0.25, 0.3) is 0 Å². The molecule has 1 aliphatic carbocycles. The molecule has 164 valence electrons. The van der Waals surface area contributed by atoms with Gasteiger partial charge >= 0.3 is 0 Å². The molecule has 1 heterocycles. The number of anilines is 1. The molecule has 31 heavy (non-hydrogen) atoms. The molecule has 1 fully saturated rings. The summed E-state index contributed by atoms with van der Waals surface area (Å²) in [6.45, 7) is 6.62. The summed E-state index contributed by atoms with van der Waals surface area (Å²) in [5.41, 5.74) is 2.37. The van der Waals surface area contributed by atoms with Gasteiger partial charge in [-0.25, -0.2) is 9.07 Å². The molecule has 0 saturated heterocycles. The fourth-order valence-electron chi connectivity index (χ4n) is 3.94. The van der Waals surface area contributed by atoms with E-state index in [-0.39, 0.29) is 11.9 Å². The Morgan fingerprint density at radius 3 is 2.58 bits per heavy atom. The van der Waals surface area contributed by atoms with Gasteiger partial charge in [-0.15, -0.1) is 5.10 Å². The van der Waals surface area contributed by atoms with E-state index in [1.165, 1.54) is 12.8 Å². The van der Waals surface area contributed by atoms with E-state index in [9.17, 15) is 4.39 Å². The molecule has 0 amide bonds. The van der Waals surface area contributed by atoms with E-state index in [1.807, 2.05) is 25.1 Å². The van der Waals surface area contributed by atoms with Gasteiger partial charge in [0.2, 0.25) is 5.95 Å². The SMILES string of the molecule is CCCN(c1nc(C)n(-c2ccc(Cl)cc2Cl)n1)[C@@H](CC1CC1)c1ccc(C)c(F)c1. The molecule has 0 spiro atoms. The molecule has 7 heteroatoms. The van der Waals surface area contributed by atoms with Crippen molar-refractivity contribution in [1.82, 2.24) is 14.8 Å². The number of halogens is 3. The Labute approximate surface area is 193 Å². The van der Waals surface area contributed by atoms with Crippen LogP contribution in [0.1, 0.15) is 55.6 Å². The van der Waals surface area contributed by atoms with Crippen LogP contribution in [0.15, 0.2) is 36.4 Å². The lowest BCUT2D eigenvalue weighted by atomic mass is 9.98. The van der Waals surface area contributed by atoms with Crippen molar-refractivity contribution in [3.8, 4) is 5.69 Å². The van der Waals surface area contributed by atoms with Gasteiger partial charge in [0.1, 0.15) is 11.6 Å². The Hall–Kier alpha value is -2.11. The van der Waals surface area contributed by atoms with Crippen LogP contribution in [0.2, 0.25) is 10.0 Å². The standard InChI is InChI=1S/C24H27Cl2FN4/c1-4-11-30(23(12-17-6-7-17)18-8-5-15(2)21(27)13-18)24-28-16(3)31(29-24)22-10-9-19(25)14-20(22)26/h5,8-10,13-14,17,23H,4,6-7,11-12H2,1-3H3/t23-/m0/s1. The summed E-state index contributed by atoms with van der Waals surface area (Å²) in [7, 11) is 0. The summed E-state index contributed by atoms with van der Waals surface area (Å²) in [5, 5.41) is 5.91. The van der Waals surface area contributed by atoms with Crippen molar-refractivity contribution in [3.05, 3.63) is 69.2 Å². The Bertz CT molecular complexity index is 1080. The molecule has 1 saturated carbocycles. The Kier molecular flexibility index (Phi) is 6.54. The molecule has 0 unspecified atom stereocenters. The number of aryl methyl sites for hydroxylation is 2. The van der Waals surface area contributed by atoms with E-state index >= 15 is 0 Å². The molecule has 0 aliphatic heterocycles. The average Bonchev–Trinajstić information content (AvgIpc) is 3.47. The Morgan fingerprint density at radius 2 is 1.94 bits per heavy atom. The minimum Gasteiger partial charge on any atom is -0.332 e. The number of hydrogen-bond donors (Lipinski definition) is 0. The zero-order valence-corrected chi connectivity index (χ0v) is 19.6. The summed E-state index contributed by atoms with van der Waals surface area (Å²) >= 11 is 12.5. The second-order valence-electron chi connectivity index (χ2n) is 8.36. The molecule has 0 bridgehead atoms. The molecule has 4 rings (SSSR count). The molecule has 1 atom stereocenters. The van der Waals surface area contributed by atoms with Crippen molar-refractivity contribution >= 4 is 29.2 Å². The van der Waals surface area contributed by atoms with Gasteiger partial charge < -0.3 is 4.90 Å². The fraction of sp³-hybridized carbons (Fsp3) is 0.417. The summed E-state index contributed by atoms with van der Waals surface area (Å²) in [6, 6.07) is 10.9. The lowest BCUT2D eigenvalue weighted by Gasteiger charge is -2.31. The summed E-state index contributed by atoms with van der Waals surface area (Å²) < 4.78 is 16.2. The quantitative estimate of drug-likeness (QED) is 0.359. The molecule has 1 aromatic heterocycles. The Balaban J connectivity index is 1.74. The number of rotatable bonds is 8. The van der Waals surface area contributed by atoms with Crippen molar-refractivity contribution in [2.45, 2.75) is 52.5 Å². The summed E-state index contributed by atoms with van der Waals surface area (Å²) in [5.74, 6) is 1.87. The predicted octanol–water partition coefficient (Wildman–Crippen LogP) is 7.09. The van der Waals surface area contributed by atoms with Crippen LogP contribution >= 0.6 is 23.2 Å². The van der Waals surface area contributed by atoms with E-state index in [0.29, 0.717) is 27.5 Å². The minimum absolute atomic E-state index is 0.0264. The van der Waals surface area contributed by atoms with Crippen LogP contribution < -0.4 is 4.90 Å². The predicted molar refractivity (Wildman–Crippen MR) is 125 cm³/mol. The highest BCUT2D eigenvalue weighted by atomic mass is 35.5. The van der Waals surface area contributed by atoms with Crippen LogP contribution in [-0.4, -0.2) is 21.3 Å². The molecular formula is C24H27Cl2FN4. The molecule has 0 N–H and O–H groups in total. The Morgan fingerprint density at radius 1 is 1.16 bits per heavy atom. The first-order valence-corrected chi connectivity index (χ1v) is 11.5. The highest BCUT2D eigenvalue weighted by Gasteiger charge is 2.32. The average molecular weight is 461 g/mol. The second-order valence-corrected chi connectivity index (χ2v) is 9.21. The third-order valence-electron chi connectivity index (χ3n) is 5.83. The molecule has 4 nitrogen and oxygen atoms in total. The monoisotopic (exact) mass is 460 g/mol. The maximum Gasteiger partial charge on any atom is 0.245 e. The lowest BCUT2D eigenvalue weighted by molar-refractivity contribution is 0.521. The first-order valence-electron chi connectivity index (χ1n) is 10.8. The summed E-state index contributed by atoms with van der Waals surface area (Å²) in [4.78, 5) is 6.99. The van der Waals surface area contributed by atoms with Crippen LogP contribution in [0.5, 0.6) is 0 Å². The van der Waals surface area contributed by atoms with Crippen LogP contribution in [0, 0.1) is 25.6 Å². The number of benzene rings is 2. The van der Waals surface area contributed by atoms with Gasteiger partial charge in [-0.2, -0.15) is 4.98 Å². The maximum atomic E-state index is 14.4. The fourth-order valence-corrected chi connectivity index (χ4v) is 4.43. The van der Waals surface area contributed by atoms with E-state index < -0.39 is 0 Å². The molecule has 0 radical (unpaired) electrons. The van der Waals surface area contributed by atoms with Gasteiger partial charge in [0.15, 0.2) is 0 Å². The van der Waals surface area contributed by atoms with Crippen molar-refractivity contribution in [1.29, 1.82) is 0 Å². The normalized spacial score (nSPS) is 14.6. The smallest absolute Gasteiger partial charge is 0.245 e. The minimum atomic E-state index is -0.169. The van der Waals surface area contributed by atoms with E-state index in [2.05, 4.69) is 11.8 Å². The van der Waals surface area contributed by atoms with Gasteiger partial charge in [-0.1, -0.05) is 55.1 Å². The highest BCUT2D eigenvalue weighted by molar-refractivity contribution is 6.35. The van der Waals surface area contributed by atoms with Gasteiger partial charge in [-0.05, 0) is 68.0 Å². The second kappa shape index (κ2) is 9.17. The van der Waals surface area contributed by atoms with Crippen LogP contribution in [0.4, 0.5) is 10.3 Å². The summed E-state index contributed by atoms with van der Waals surface area (Å²) in [6.07, 6.45) is 4.36. The molecular weight excluding hydrogens is 434 g/mol. The first kappa shape index (κ1) is 22.1. The zero-order chi connectivity index (χ0) is 22.1. The lowest BCUT2D eigenvalue weighted by Crippen LogP contribution is -2.31. The van der Waals surface area contributed by atoms with Crippen molar-refractivity contribution in [3.63, 3.8) is 0 Å². The van der Waals surface area contributed by atoms with Gasteiger partial charge in [0, 0.05) is 11.6 Å². The molecule has 1 aliphatic rings. The van der Waals surface area contributed by atoms with Crippen LogP contribution in [-0.2, 0) is 0 Å². The van der Waals surface area contributed by atoms with Gasteiger partial charge in [0.05, 0.1) is 16.8 Å². The van der Waals surface area contributed by atoms with Crippen molar-refractivity contribution in [2.75, 3.05) is 11.4 Å². The maximum absolute atomic E-state index is 14.4. The van der Waals surface area contributed by atoms with E-state index in [4.69, 9.17) is 33.3 Å².